The lowest BCUT2D eigenvalue weighted by Gasteiger charge is -2.24. The van der Waals surface area contributed by atoms with Gasteiger partial charge < -0.3 is 14.5 Å². The number of ether oxygens (including phenoxy) is 1. The molecule has 0 radical (unpaired) electrons. The van der Waals surface area contributed by atoms with Crippen LogP contribution in [0.25, 0.3) is 0 Å². The Morgan fingerprint density at radius 3 is 2.95 bits per heavy atom. The molecule has 21 heavy (non-hydrogen) atoms. The molecule has 7 heteroatoms. The minimum Gasteiger partial charge on any atom is -0.472 e. The van der Waals surface area contributed by atoms with Gasteiger partial charge in [0.2, 0.25) is 5.96 Å². The summed E-state index contributed by atoms with van der Waals surface area (Å²) in [6.45, 7) is 5.30. The van der Waals surface area contributed by atoms with Crippen LogP contribution in [0.1, 0.15) is 32.4 Å². The van der Waals surface area contributed by atoms with E-state index in [1.54, 1.807) is 33.0 Å². The van der Waals surface area contributed by atoms with Crippen LogP contribution < -0.4 is 10.6 Å². The number of hydrogen-bond donors (Lipinski definition) is 2. The lowest BCUT2D eigenvalue weighted by Crippen LogP contribution is -2.39. The SMILES string of the molecule is CC1=C(C(=O)OC(C)C)C(c2ccoc2)N=C(NC#N)N1. The first-order valence-electron chi connectivity index (χ1n) is 6.46. The Labute approximate surface area is 122 Å². The van der Waals surface area contributed by atoms with E-state index in [0.717, 1.165) is 0 Å². The third kappa shape index (κ3) is 3.23. The second-order valence-corrected chi connectivity index (χ2v) is 4.79. The third-order valence-corrected chi connectivity index (χ3v) is 2.84. The zero-order chi connectivity index (χ0) is 15.4. The summed E-state index contributed by atoms with van der Waals surface area (Å²) in [6, 6.07) is 1.14. The number of carbonyl (C=O) groups is 1. The zero-order valence-corrected chi connectivity index (χ0v) is 12.0. The maximum Gasteiger partial charge on any atom is 0.338 e. The molecule has 0 amide bonds. The summed E-state index contributed by atoms with van der Waals surface area (Å²) in [6.07, 6.45) is 4.58. The molecule has 0 aromatic carbocycles. The normalized spacial score (nSPS) is 17.9. The molecule has 0 fully saturated rings. The standard InChI is InChI=1S/C14H16N4O3/c1-8(2)21-13(19)11-9(3)17-14(16-7-15)18-12(11)10-4-5-20-6-10/h4-6,8,12H,1-3H3,(H2,16,17,18). The molecule has 1 aliphatic heterocycles. The average molecular weight is 288 g/mol. The number of nitrogens with one attached hydrogen (secondary N) is 2. The van der Waals surface area contributed by atoms with E-state index in [2.05, 4.69) is 15.6 Å². The van der Waals surface area contributed by atoms with Gasteiger partial charge in [0.1, 0.15) is 6.04 Å². The Hall–Kier alpha value is -2.75. The number of rotatable bonds is 3. The van der Waals surface area contributed by atoms with Crippen molar-refractivity contribution in [1.29, 1.82) is 5.26 Å². The molecule has 110 valence electrons. The van der Waals surface area contributed by atoms with Crippen LogP contribution in [0.15, 0.2) is 39.3 Å². The average Bonchev–Trinajstić information content (AvgIpc) is 2.90. The van der Waals surface area contributed by atoms with Gasteiger partial charge in [-0.3, -0.25) is 5.32 Å². The largest absolute Gasteiger partial charge is 0.472 e. The summed E-state index contributed by atoms with van der Waals surface area (Å²) >= 11 is 0. The highest BCUT2D eigenvalue weighted by Crippen LogP contribution is 2.31. The van der Waals surface area contributed by atoms with Gasteiger partial charge in [-0.15, -0.1) is 0 Å². The van der Waals surface area contributed by atoms with Gasteiger partial charge in [-0.25, -0.2) is 9.79 Å². The molecule has 0 aliphatic carbocycles. The molecule has 2 N–H and O–H groups in total. The van der Waals surface area contributed by atoms with Crippen LogP contribution >= 0.6 is 0 Å². The number of nitriles is 1. The van der Waals surface area contributed by atoms with Gasteiger partial charge in [-0.2, -0.15) is 5.26 Å². The molecular formula is C14H16N4O3. The summed E-state index contributed by atoms with van der Waals surface area (Å²) in [5, 5.41) is 14.0. The van der Waals surface area contributed by atoms with Crippen molar-refractivity contribution in [2.45, 2.75) is 32.9 Å². The van der Waals surface area contributed by atoms with Gasteiger partial charge in [0.15, 0.2) is 6.19 Å². The number of allylic oxidation sites excluding steroid dienone is 1. The highest BCUT2D eigenvalue weighted by Gasteiger charge is 2.31. The fraction of sp³-hybridized carbons (Fsp3) is 0.357. The number of furan rings is 1. The number of aliphatic imine (C=N–C) groups is 1. The van der Waals surface area contributed by atoms with Crippen molar-refractivity contribution >= 4 is 11.9 Å². The van der Waals surface area contributed by atoms with Crippen LogP contribution in [0.3, 0.4) is 0 Å². The molecule has 2 heterocycles. The van der Waals surface area contributed by atoms with E-state index < -0.39 is 12.0 Å². The Balaban J connectivity index is 2.39. The van der Waals surface area contributed by atoms with E-state index in [0.29, 0.717) is 16.8 Å². The smallest absolute Gasteiger partial charge is 0.338 e. The predicted molar refractivity (Wildman–Crippen MR) is 74.7 cm³/mol. The summed E-state index contributed by atoms with van der Waals surface area (Å²) in [7, 11) is 0. The van der Waals surface area contributed by atoms with Crippen LogP contribution in [0.2, 0.25) is 0 Å². The molecule has 0 saturated carbocycles. The fourth-order valence-corrected chi connectivity index (χ4v) is 2.01. The Kier molecular flexibility index (Phi) is 4.28. The topological polar surface area (TPSA) is 99.7 Å². The second-order valence-electron chi connectivity index (χ2n) is 4.79. The molecule has 0 spiro atoms. The van der Waals surface area contributed by atoms with Crippen LogP contribution in [0.4, 0.5) is 0 Å². The zero-order valence-electron chi connectivity index (χ0n) is 12.0. The van der Waals surface area contributed by atoms with E-state index in [1.807, 2.05) is 0 Å². The van der Waals surface area contributed by atoms with E-state index in [9.17, 15) is 4.79 Å². The summed E-state index contributed by atoms with van der Waals surface area (Å²) < 4.78 is 10.3. The molecule has 1 aromatic rings. The molecule has 1 aliphatic rings. The minimum atomic E-state index is -0.577. The Bertz CT molecular complexity index is 623. The number of carbonyl (C=O) groups excluding carboxylic acids is 1. The van der Waals surface area contributed by atoms with Gasteiger partial charge in [-0.05, 0) is 26.8 Å². The van der Waals surface area contributed by atoms with E-state index in [4.69, 9.17) is 14.4 Å². The summed E-state index contributed by atoms with van der Waals surface area (Å²) in [5.41, 5.74) is 1.69. The van der Waals surface area contributed by atoms with Crippen molar-refractivity contribution in [3.63, 3.8) is 0 Å². The second kappa shape index (κ2) is 6.13. The van der Waals surface area contributed by atoms with Crippen LogP contribution in [0.5, 0.6) is 0 Å². The minimum absolute atomic E-state index is 0.231. The van der Waals surface area contributed by atoms with Crippen molar-refractivity contribution < 1.29 is 13.9 Å². The quantitative estimate of drug-likeness (QED) is 0.497. The maximum absolute atomic E-state index is 12.3. The van der Waals surface area contributed by atoms with Gasteiger partial charge in [-0.1, -0.05) is 0 Å². The van der Waals surface area contributed by atoms with Crippen molar-refractivity contribution in [2.75, 3.05) is 0 Å². The highest BCUT2D eigenvalue weighted by atomic mass is 16.5. The van der Waals surface area contributed by atoms with Crippen LogP contribution in [-0.4, -0.2) is 18.0 Å². The maximum atomic E-state index is 12.3. The molecular weight excluding hydrogens is 272 g/mol. The first kappa shape index (κ1) is 14.7. The predicted octanol–water partition coefficient (Wildman–Crippen LogP) is 1.58. The molecule has 7 nitrogen and oxygen atoms in total. The molecule has 2 rings (SSSR count). The first-order chi connectivity index (χ1) is 10.0. The molecule has 1 unspecified atom stereocenters. The monoisotopic (exact) mass is 288 g/mol. The van der Waals surface area contributed by atoms with Gasteiger partial charge in [0.05, 0.1) is 24.2 Å². The number of hydrogen-bond acceptors (Lipinski definition) is 7. The van der Waals surface area contributed by atoms with Crippen molar-refractivity contribution in [2.24, 2.45) is 4.99 Å². The van der Waals surface area contributed by atoms with Crippen molar-refractivity contribution in [3.05, 3.63) is 35.4 Å². The fourth-order valence-electron chi connectivity index (χ4n) is 2.01. The summed E-state index contributed by atoms with van der Waals surface area (Å²) in [5.74, 6) is -0.164. The van der Waals surface area contributed by atoms with E-state index >= 15 is 0 Å². The molecule has 1 aromatic heterocycles. The highest BCUT2D eigenvalue weighted by molar-refractivity contribution is 5.95. The molecule has 0 saturated heterocycles. The third-order valence-electron chi connectivity index (χ3n) is 2.84. The van der Waals surface area contributed by atoms with Gasteiger partial charge in [0, 0.05) is 11.3 Å². The van der Waals surface area contributed by atoms with E-state index in [1.165, 1.54) is 12.5 Å². The number of esters is 1. The first-order valence-corrected chi connectivity index (χ1v) is 6.46. The lowest BCUT2D eigenvalue weighted by atomic mass is 9.99. The molecule has 1 atom stereocenters. The van der Waals surface area contributed by atoms with Gasteiger partial charge in [0.25, 0.3) is 0 Å². The Morgan fingerprint density at radius 1 is 1.62 bits per heavy atom. The molecule has 0 bridgehead atoms. The van der Waals surface area contributed by atoms with Gasteiger partial charge >= 0.3 is 5.97 Å². The number of nitrogens with zero attached hydrogens (tertiary/aromatic N) is 2. The van der Waals surface area contributed by atoms with Crippen molar-refractivity contribution in [1.82, 2.24) is 10.6 Å². The Morgan fingerprint density at radius 2 is 2.38 bits per heavy atom. The van der Waals surface area contributed by atoms with E-state index in [-0.39, 0.29) is 12.1 Å². The van der Waals surface area contributed by atoms with Crippen LogP contribution in [0, 0.1) is 11.5 Å². The number of guanidine groups is 1. The lowest BCUT2D eigenvalue weighted by molar-refractivity contribution is -0.143. The van der Waals surface area contributed by atoms with Crippen molar-refractivity contribution in [3.8, 4) is 6.19 Å². The van der Waals surface area contributed by atoms with Crippen LogP contribution in [-0.2, 0) is 9.53 Å². The summed E-state index contributed by atoms with van der Waals surface area (Å²) in [4.78, 5) is 16.6.